The van der Waals surface area contributed by atoms with Crippen LogP contribution in [0.25, 0.3) is 54.7 Å². The summed E-state index contributed by atoms with van der Waals surface area (Å²) in [5.41, 5.74) is 7.70. The van der Waals surface area contributed by atoms with Gasteiger partial charge in [0.2, 0.25) is 0 Å². The minimum absolute atomic E-state index is 0.432. The quantitative estimate of drug-likeness (QED) is 0.226. The van der Waals surface area contributed by atoms with Crippen molar-refractivity contribution >= 4 is 55.3 Å². The van der Waals surface area contributed by atoms with E-state index in [1.54, 1.807) is 6.20 Å². The molecule has 0 saturated carbocycles. The third kappa shape index (κ3) is 4.45. The Kier molecular flexibility index (Phi) is 5.81. The first-order valence-electron chi connectivity index (χ1n) is 15.0. The summed E-state index contributed by atoms with van der Waals surface area (Å²) in [7, 11) is 0. The van der Waals surface area contributed by atoms with Crippen molar-refractivity contribution in [3.63, 3.8) is 0 Å². The van der Waals surface area contributed by atoms with Gasteiger partial charge in [0, 0.05) is 17.3 Å². The van der Waals surface area contributed by atoms with Crippen LogP contribution in [0.3, 0.4) is 0 Å². The number of rotatable bonds is 4. The molecule has 0 amide bonds. The molecule has 8 aromatic rings. The number of benzene rings is 6. The van der Waals surface area contributed by atoms with E-state index >= 15 is 0 Å². The van der Waals surface area contributed by atoms with E-state index in [1.165, 1.54) is 21.9 Å². The number of hydrogen-bond acceptors (Lipinski definition) is 5. The number of pyridine rings is 1. The second-order valence-corrected chi connectivity index (χ2v) is 11.3. The molecule has 5 heteroatoms. The van der Waals surface area contributed by atoms with E-state index in [0.29, 0.717) is 0 Å². The normalized spacial score (nSPS) is 14.9. The molecule has 0 fully saturated rings. The van der Waals surface area contributed by atoms with Crippen LogP contribution in [0.4, 0.5) is 0 Å². The molecule has 1 unspecified atom stereocenters. The van der Waals surface area contributed by atoms with Crippen LogP contribution in [-0.2, 0) is 0 Å². The molecule has 9 rings (SSSR count). The average molecular weight is 579 g/mol. The van der Waals surface area contributed by atoms with E-state index in [4.69, 9.17) is 14.4 Å². The van der Waals surface area contributed by atoms with E-state index in [0.717, 1.165) is 61.2 Å². The second-order valence-electron chi connectivity index (χ2n) is 11.3. The number of nitrogens with one attached hydrogen (secondary N) is 1. The minimum atomic E-state index is -0.432. The van der Waals surface area contributed by atoms with E-state index in [2.05, 4.69) is 119 Å². The number of hydrogen-bond donors (Lipinski definition) is 1. The Morgan fingerprint density at radius 2 is 1.22 bits per heavy atom. The zero-order valence-corrected chi connectivity index (χ0v) is 24.2. The van der Waals surface area contributed by atoms with Gasteiger partial charge in [-0.3, -0.25) is 4.98 Å². The third-order valence-electron chi connectivity index (χ3n) is 8.54. The van der Waals surface area contributed by atoms with Crippen molar-refractivity contribution in [3.8, 4) is 11.1 Å². The van der Waals surface area contributed by atoms with Gasteiger partial charge in [0.25, 0.3) is 0 Å². The smallest absolute Gasteiger partial charge is 0.169 e. The van der Waals surface area contributed by atoms with Crippen molar-refractivity contribution in [1.29, 1.82) is 0 Å². The Morgan fingerprint density at radius 3 is 2.11 bits per heavy atom. The lowest BCUT2D eigenvalue weighted by Gasteiger charge is -2.23. The van der Waals surface area contributed by atoms with Gasteiger partial charge >= 0.3 is 0 Å². The van der Waals surface area contributed by atoms with E-state index < -0.39 is 6.17 Å². The number of fused-ring (bicyclic) bond motifs is 5. The number of amidine groups is 2. The topological polar surface area (TPSA) is 62.8 Å². The Morgan fingerprint density at radius 1 is 0.511 bits per heavy atom. The highest BCUT2D eigenvalue weighted by atomic mass is 16.3. The summed E-state index contributed by atoms with van der Waals surface area (Å²) >= 11 is 0. The van der Waals surface area contributed by atoms with E-state index in [1.807, 2.05) is 30.3 Å². The van der Waals surface area contributed by atoms with Crippen LogP contribution >= 0.6 is 0 Å². The van der Waals surface area contributed by atoms with E-state index in [-0.39, 0.29) is 0 Å². The Hall–Kier alpha value is -6.07. The molecule has 0 aliphatic carbocycles. The molecule has 2 aromatic heterocycles. The largest absolute Gasteiger partial charge is 0.454 e. The summed E-state index contributed by atoms with van der Waals surface area (Å²) in [6.45, 7) is 0. The van der Waals surface area contributed by atoms with Crippen LogP contribution in [0.1, 0.15) is 22.9 Å². The molecular formula is C40H26N4O. The van der Waals surface area contributed by atoms with Gasteiger partial charge in [0.05, 0.1) is 5.39 Å². The molecule has 6 aromatic carbocycles. The Bertz CT molecular complexity index is 2470. The molecule has 0 spiro atoms. The lowest BCUT2D eigenvalue weighted by Crippen LogP contribution is -2.36. The molecular weight excluding hydrogens is 552 g/mol. The summed E-state index contributed by atoms with van der Waals surface area (Å²) in [6.07, 6.45) is 1.37. The molecule has 0 radical (unpaired) electrons. The lowest BCUT2D eigenvalue weighted by atomic mass is 9.99. The number of aliphatic imine (C=N–C) groups is 2. The van der Waals surface area contributed by atoms with Gasteiger partial charge in [0.15, 0.2) is 11.7 Å². The maximum atomic E-state index is 6.17. The predicted molar refractivity (Wildman–Crippen MR) is 184 cm³/mol. The maximum Gasteiger partial charge on any atom is 0.169 e. The van der Waals surface area contributed by atoms with Gasteiger partial charge in [0.1, 0.15) is 22.8 Å². The van der Waals surface area contributed by atoms with Crippen LogP contribution in [0.2, 0.25) is 0 Å². The van der Waals surface area contributed by atoms with Crippen molar-refractivity contribution in [2.24, 2.45) is 9.98 Å². The SMILES string of the molecule is c1ccc(-c2ccc3cc(C4=NC(c5ccc6ccccc6c5)N=C(c5cccc6oc7cccnc7c56)N4)ccc3c2)cc1. The molecule has 0 saturated heterocycles. The van der Waals surface area contributed by atoms with Gasteiger partial charge in [-0.15, -0.1) is 0 Å². The maximum absolute atomic E-state index is 6.17. The number of nitrogens with zero attached hydrogens (tertiary/aromatic N) is 3. The highest BCUT2D eigenvalue weighted by Gasteiger charge is 2.24. The van der Waals surface area contributed by atoms with Crippen LogP contribution in [0.15, 0.2) is 160 Å². The average Bonchev–Trinajstić information content (AvgIpc) is 3.50. The standard InChI is InChI=1S/C40H26N4O/c1-2-8-25(9-3-1)28-16-17-30-24-32(20-18-29(30)22-28)39-42-38(31-19-15-26-10-4-5-11-27(26)23-31)43-40(44-39)33-12-6-13-34-36(33)37-35(45-34)14-7-21-41-37/h1-24,38H,(H,42,43,44). The molecule has 1 atom stereocenters. The number of aromatic nitrogens is 1. The molecule has 1 N–H and O–H groups in total. The highest BCUT2D eigenvalue weighted by Crippen LogP contribution is 2.33. The third-order valence-corrected chi connectivity index (χ3v) is 8.54. The predicted octanol–water partition coefficient (Wildman–Crippen LogP) is 9.45. The minimum Gasteiger partial charge on any atom is -0.454 e. The first-order chi connectivity index (χ1) is 22.3. The molecule has 212 valence electrons. The van der Waals surface area contributed by atoms with Crippen LogP contribution in [-0.4, -0.2) is 16.7 Å². The fraction of sp³-hybridized carbons (Fsp3) is 0.0250. The zero-order valence-electron chi connectivity index (χ0n) is 24.2. The summed E-state index contributed by atoms with van der Waals surface area (Å²) in [4.78, 5) is 15.1. The van der Waals surface area contributed by atoms with Crippen molar-refractivity contribution in [2.45, 2.75) is 6.17 Å². The summed E-state index contributed by atoms with van der Waals surface area (Å²) in [5.74, 6) is 1.50. The zero-order chi connectivity index (χ0) is 29.7. The summed E-state index contributed by atoms with van der Waals surface area (Å²) < 4.78 is 6.17. The lowest BCUT2D eigenvalue weighted by molar-refractivity contribution is 0.668. The van der Waals surface area contributed by atoms with Crippen molar-refractivity contribution < 1.29 is 4.42 Å². The fourth-order valence-electron chi connectivity index (χ4n) is 6.29. The van der Waals surface area contributed by atoms with Crippen LogP contribution in [0.5, 0.6) is 0 Å². The molecule has 5 nitrogen and oxygen atoms in total. The van der Waals surface area contributed by atoms with Gasteiger partial charge < -0.3 is 9.73 Å². The summed E-state index contributed by atoms with van der Waals surface area (Å²) in [5, 5.41) is 9.21. The highest BCUT2D eigenvalue weighted by molar-refractivity contribution is 6.23. The van der Waals surface area contributed by atoms with E-state index in [9.17, 15) is 0 Å². The van der Waals surface area contributed by atoms with Crippen LogP contribution in [0, 0.1) is 0 Å². The molecule has 1 aliphatic rings. The van der Waals surface area contributed by atoms with Gasteiger partial charge in [-0.1, -0.05) is 103 Å². The van der Waals surface area contributed by atoms with Crippen LogP contribution < -0.4 is 5.32 Å². The first-order valence-corrected chi connectivity index (χ1v) is 15.0. The Labute approximate surface area is 259 Å². The Balaban J connectivity index is 1.18. The fourth-order valence-corrected chi connectivity index (χ4v) is 6.29. The van der Waals surface area contributed by atoms with Gasteiger partial charge in [-0.2, -0.15) is 0 Å². The van der Waals surface area contributed by atoms with Crippen molar-refractivity contribution in [2.75, 3.05) is 0 Å². The van der Waals surface area contributed by atoms with Gasteiger partial charge in [-0.25, -0.2) is 9.98 Å². The molecule has 1 aliphatic heterocycles. The number of furan rings is 1. The molecule has 0 bridgehead atoms. The van der Waals surface area contributed by atoms with Gasteiger partial charge in [-0.05, 0) is 74.6 Å². The first kappa shape index (κ1) is 25.4. The van der Waals surface area contributed by atoms with Crippen molar-refractivity contribution in [3.05, 3.63) is 162 Å². The molecule has 45 heavy (non-hydrogen) atoms. The second kappa shape index (κ2) is 10.3. The van der Waals surface area contributed by atoms with Crippen molar-refractivity contribution in [1.82, 2.24) is 10.3 Å². The molecule has 3 heterocycles. The monoisotopic (exact) mass is 578 g/mol. The summed E-state index contributed by atoms with van der Waals surface area (Å²) in [6, 6.07) is 48.3.